The van der Waals surface area contributed by atoms with Crippen LogP contribution in [-0.4, -0.2) is 34.9 Å². The molecule has 154 valence electrons. The van der Waals surface area contributed by atoms with Crippen LogP contribution >= 0.6 is 23.1 Å². The van der Waals surface area contributed by atoms with Gasteiger partial charge in [0.25, 0.3) is 5.56 Å². The number of aromatic nitrogens is 2. The molecule has 0 fully saturated rings. The Hall–Kier alpha value is -2.16. The lowest BCUT2D eigenvalue weighted by Crippen LogP contribution is -2.26. The molecule has 2 heterocycles. The number of thioether (sulfide) groups is 1. The molecule has 0 atom stereocenters. The average Bonchev–Trinajstić information content (AvgIpc) is 2.96. The number of ether oxygens (including phenoxy) is 1. The van der Waals surface area contributed by atoms with Crippen molar-refractivity contribution < 1.29 is 9.53 Å². The number of rotatable bonds is 7. The van der Waals surface area contributed by atoms with Gasteiger partial charge in [0.15, 0.2) is 5.16 Å². The summed E-state index contributed by atoms with van der Waals surface area (Å²) >= 11 is 2.78. The van der Waals surface area contributed by atoms with Crippen LogP contribution in [0.25, 0.3) is 10.2 Å². The number of benzene rings is 1. The molecule has 0 aliphatic heterocycles. The summed E-state index contributed by atoms with van der Waals surface area (Å²) in [6.07, 6.45) is 0. The van der Waals surface area contributed by atoms with E-state index in [4.69, 9.17) is 4.74 Å². The van der Waals surface area contributed by atoms with Gasteiger partial charge in [0.05, 0.1) is 24.3 Å². The van der Waals surface area contributed by atoms with E-state index >= 15 is 0 Å². The molecule has 3 aromatic rings. The molecule has 1 aromatic carbocycles. The zero-order valence-corrected chi connectivity index (χ0v) is 18.9. The standard InChI is InChI=1S/C21H25N3O3S2/c1-12-6-7-16(10-13(12)2)22-17(25)11-28-21-23-19-18(14(3)15(4)29-19)20(26)24(21)8-9-27-5/h6-7,10H,8-9,11H2,1-5H3,(H,22,25). The van der Waals surface area contributed by atoms with Crippen LogP contribution in [0.5, 0.6) is 0 Å². The van der Waals surface area contributed by atoms with Gasteiger partial charge in [0, 0.05) is 17.7 Å². The summed E-state index contributed by atoms with van der Waals surface area (Å²) in [6.45, 7) is 8.78. The minimum absolute atomic E-state index is 0.0778. The van der Waals surface area contributed by atoms with Gasteiger partial charge >= 0.3 is 0 Å². The number of nitrogens with zero attached hydrogens (tertiary/aromatic N) is 2. The fourth-order valence-corrected chi connectivity index (χ4v) is 4.84. The minimum Gasteiger partial charge on any atom is -0.383 e. The Morgan fingerprint density at radius 3 is 2.69 bits per heavy atom. The Morgan fingerprint density at radius 1 is 1.24 bits per heavy atom. The first-order valence-electron chi connectivity index (χ1n) is 9.31. The van der Waals surface area contributed by atoms with Crippen LogP contribution < -0.4 is 10.9 Å². The summed E-state index contributed by atoms with van der Waals surface area (Å²) in [5.74, 6) is 0.0331. The smallest absolute Gasteiger partial charge is 0.263 e. The number of fused-ring (bicyclic) bond motifs is 1. The van der Waals surface area contributed by atoms with Crippen molar-refractivity contribution in [2.75, 3.05) is 24.8 Å². The highest BCUT2D eigenvalue weighted by molar-refractivity contribution is 7.99. The zero-order chi connectivity index (χ0) is 21.1. The Balaban J connectivity index is 1.83. The van der Waals surface area contributed by atoms with Gasteiger partial charge in [-0.25, -0.2) is 4.98 Å². The molecule has 6 nitrogen and oxygen atoms in total. The predicted molar refractivity (Wildman–Crippen MR) is 120 cm³/mol. The Kier molecular flexibility index (Phi) is 6.77. The van der Waals surface area contributed by atoms with Gasteiger partial charge in [0.1, 0.15) is 4.83 Å². The van der Waals surface area contributed by atoms with Crippen molar-refractivity contribution in [3.63, 3.8) is 0 Å². The van der Waals surface area contributed by atoms with Gasteiger partial charge in [-0.05, 0) is 56.5 Å². The van der Waals surface area contributed by atoms with Crippen molar-refractivity contribution in [2.24, 2.45) is 0 Å². The lowest BCUT2D eigenvalue weighted by molar-refractivity contribution is -0.113. The Morgan fingerprint density at radius 2 is 2.00 bits per heavy atom. The van der Waals surface area contributed by atoms with Gasteiger partial charge in [0.2, 0.25) is 5.91 Å². The summed E-state index contributed by atoms with van der Waals surface area (Å²) in [7, 11) is 1.60. The molecule has 8 heteroatoms. The molecule has 0 spiro atoms. The fraction of sp³-hybridized carbons (Fsp3) is 0.381. The van der Waals surface area contributed by atoms with E-state index < -0.39 is 0 Å². The highest BCUT2D eigenvalue weighted by atomic mass is 32.2. The fourth-order valence-electron chi connectivity index (χ4n) is 2.94. The summed E-state index contributed by atoms with van der Waals surface area (Å²) in [5.41, 5.74) is 3.96. The second kappa shape index (κ2) is 9.11. The van der Waals surface area contributed by atoms with Crippen molar-refractivity contribution in [1.82, 2.24) is 9.55 Å². The first kappa shape index (κ1) is 21.5. The highest BCUT2D eigenvalue weighted by Gasteiger charge is 2.17. The van der Waals surface area contributed by atoms with Crippen LogP contribution in [0.3, 0.4) is 0 Å². The maximum Gasteiger partial charge on any atom is 0.263 e. The largest absolute Gasteiger partial charge is 0.383 e. The average molecular weight is 432 g/mol. The summed E-state index contributed by atoms with van der Waals surface area (Å²) in [6, 6.07) is 5.83. The number of anilines is 1. The van der Waals surface area contributed by atoms with Gasteiger partial charge in [-0.2, -0.15) is 0 Å². The van der Waals surface area contributed by atoms with Crippen molar-refractivity contribution >= 4 is 44.9 Å². The number of amides is 1. The van der Waals surface area contributed by atoms with Crippen LogP contribution in [0.1, 0.15) is 21.6 Å². The van der Waals surface area contributed by atoms with Crippen molar-refractivity contribution in [3.05, 3.63) is 50.1 Å². The van der Waals surface area contributed by atoms with E-state index in [9.17, 15) is 9.59 Å². The topological polar surface area (TPSA) is 73.2 Å². The number of aryl methyl sites for hydroxylation is 4. The van der Waals surface area contributed by atoms with Gasteiger partial charge in [-0.3, -0.25) is 14.2 Å². The lowest BCUT2D eigenvalue weighted by atomic mass is 10.1. The molecule has 3 rings (SSSR count). The van der Waals surface area contributed by atoms with Crippen molar-refractivity contribution in [1.29, 1.82) is 0 Å². The molecule has 0 unspecified atom stereocenters. The summed E-state index contributed by atoms with van der Waals surface area (Å²) in [5, 5.41) is 4.11. The predicted octanol–water partition coefficient (Wildman–Crippen LogP) is 4.07. The Labute approximate surface area is 178 Å². The third kappa shape index (κ3) is 4.71. The van der Waals surface area contributed by atoms with E-state index in [1.54, 1.807) is 11.7 Å². The number of carbonyl (C=O) groups is 1. The molecule has 0 aliphatic rings. The number of carbonyl (C=O) groups excluding carboxylic acids is 1. The van der Waals surface area contributed by atoms with Crippen LogP contribution in [0.15, 0.2) is 28.2 Å². The van der Waals surface area contributed by atoms with Crippen LogP contribution in [-0.2, 0) is 16.1 Å². The third-order valence-electron chi connectivity index (χ3n) is 4.90. The SMILES string of the molecule is COCCn1c(SCC(=O)Nc2ccc(C)c(C)c2)nc2sc(C)c(C)c2c1=O. The summed E-state index contributed by atoms with van der Waals surface area (Å²) in [4.78, 5) is 32.0. The minimum atomic E-state index is -0.135. The maximum absolute atomic E-state index is 13.1. The van der Waals surface area contributed by atoms with E-state index in [0.29, 0.717) is 23.7 Å². The molecule has 2 aromatic heterocycles. The third-order valence-corrected chi connectivity index (χ3v) is 6.97. The molecule has 0 bridgehead atoms. The van der Waals surface area contributed by atoms with E-state index in [2.05, 4.69) is 10.3 Å². The molecular weight excluding hydrogens is 406 g/mol. The Bertz CT molecular complexity index is 1120. The first-order valence-corrected chi connectivity index (χ1v) is 11.1. The van der Waals surface area contributed by atoms with E-state index in [1.165, 1.54) is 28.7 Å². The van der Waals surface area contributed by atoms with Crippen LogP contribution in [0, 0.1) is 27.7 Å². The number of hydrogen-bond acceptors (Lipinski definition) is 6. The van der Waals surface area contributed by atoms with Crippen molar-refractivity contribution in [2.45, 2.75) is 39.4 Å². The quantitative estimate of drug-likeness (QED) is 0.451. The number of thiophene rings is 1. The molecule has 29 heavy (non-hydrogen) atoms. The summed E-state index contributed by atoms with van der Waals surface area (Å²) < 4.78 is 6.77. The molecule has 0 saturated heterocycles. The van der Waals surface area contributed by atoms with Gasteiger partial charge in [-0.1, -0.05) is 17.8 Å². The lowest BCUT2D eigenvalue weighted by Gasteiger charge is -2.12. The molecule has 1 N–H and O–H groups in total. The molecule has 0 radical (unpaired) electrons. The molecule has 0 saturated carbocycles. The highest BCUT2D eigenvalue weighted by Crippen LogP contribution is 2.28. The maximum atomic E-state index is 13.1. The van der Waals surface area contributed by atoms with Gasteiger partial charge in [-0.15, -0.1) is 11.3 Å². The van der Waals surface area contributed by atoms with Crippen LogP contribution in [0.2, 0.25) is 0 Å². The van der Waals surface area contributed by atoms with E-state index in [-0.39, 0.29) is 17.2 Å². The monoisotopic (exact) mass is 431 g/mol. The van der Waals surface area contributed by atoms with Crippen molar-refractivity contribution in [3.8, 4) is 0 Å². The van der Waals surface area contributed by atoms with E-state index in [0.717, 1.165) is 26.5 Å². The second-order valence-electron chi connectivity index (χ2n) is 6.94. The number of methoxy groups -OCH3 is 1. The first-order chi connectivity index (χ1) is 13.8. The molecule has 1 amide bonds. The molecule has 0 aliphatic carbocycles. The zero-order valence-electron chi connectivity index (χ0n) is 17.3. The number of hydrogen-bond donors (Lipinski definition) is 1. The van der Waals surface area contributed by atoms with Crippen LogP contribution in [0.4, 0.5) is 5.69 Å². The van der Waals surface area contributed by atoms with Gasteiger partial charge < -0.3 is 10.1 Å². The number of nitrogens with one attached hydrogen (secondary N) is 1. The second-order valence-corrected chi connectivity index (χ2v) is 9.09. The molecular formula is C21H25N3O3S2. The normalized spacial score (nSPS) is 11.2. The van der Waals surface area contributed by atoms with E-state index in [1.807, 2.05) is 45.9 Å².